The van der Waals surface area contributed by atoms with Gasteiger partial charge in [-0.2, -0.15) is 0 Å². The predicted molar refractivity (Wildman–Crippen MR) is 57.7 cm³/mol. The smallest absolute Gasteiger partial charge is 0.303 e. The maximum absolute atomic E-state index is 11.3. The lowest BCUT2D eigenvalue weighted by molar-refractivity contribution is 0.615. The van der Waals surface area contributed by atoms with Gasteiger partial charge in [-0.3, -0.25) is 9.36 Å². The summed E-state index contributed by atoms with van der Waals surface area (Å²) >= 11 is 0. The molecule has 1 aromatic rings. The van der Waals surface area contributed by atoms with Crippen LogP contribution in [0.5, 0.6) is 0 Å². The Balaban J connectivity index is 0.000000791. The summed E-state index contributed by atoms with van der Waals surface area (Å²) in [6.45, 7) is 7.91. The largest absolute Gasteiger partial charge is 0.330 e. The summed E-state index contributed by atoms with van der Waals surface area (Å²) in [6, 6.07) is 0. The second-order valence-electron chi connectivity index (χ2n) is 2.76. The molecule has 0 unspecified atom stereocenters. The Morgan fingerprint density at radius 1 is 1.29 bits per heavy atom. The van der Waals surface area contributed by atoms with Gasteiger partial charge in [0.25, 0.3) is 5.56 Å². The van der Waals surface area contributed by atoms with Crippen LogP contribution in [0.15, 0.2) is 15.8 Å². The van der Waals surface area contributed by atoms with E-state index in [1.54, 1.807) is 27.1 Å². The van der Waals surface area contributed by atoms with E-state index in [1.165, 1.54) is 9.13 Å². The third kappa shape index (κ3) is 2.34. The van der Waals surface area contributed by atoms with Crippen molar-refractivity contribution in [2.75, 3.05) is 0 Å². The second kappa shape index (κ2) is 5.42. The molecule has 0 bridgehead atoms. The van der Waals surface area contributed by atoms with Crippen LogP contribution < -0.4 is 11.2 Å². The Bertz CT molecular complexity index is 367. The van der Waals surface area contributed by atoms with E-state index < -0.39 is 0 Å². The first kappa shape index (κ1) is 12.7. The van der Waals surface area contributed by atoms with Crippen molar-refractivity contribution in [3.8, 4) is 0 Å². The van der Waals surface area contributed by atoms with Crippen LogP contribution in [-0.4, -0.2) is 9.13 Å². The van der Waals surface area contributed by atoms with E-state index in [-0.39, 0.29) is 11.2 Å². The number of hydrogen-bond donors (Lipinski definition) is 0. The molecular formula is C10H18N2O2. The molecule has 0 saturated heterocycles. The van der Waals surface area contributed by atoms with E-state index in [1.807, 2.05) is 13.8 Å². The summed E-state index contributed by atoms with van der Waals surface area (Å²) in [7, 11) is 1.64. The minimum atomic E-state index is -0.256. The van der Waals surface area contributed by atoms with Gasteiger partial charge in [0.05, 0.1) is 0 Å². The van der Waals surface area contributed by atoms with E-state index in [9.17, 15) is 9.59 Å². The average Bonchev–Trinajstić information content (AvgIpc) is 2.19. The molecule has 0 aliphatic heterocycles. The Kier molecular flexibility index (Phi) is 4.91. The molecule has 0 saturated carbocycles. The van der Waals surface area contributed by atoms with Gasteiger partial charge in [-0.15, -0.1) is 0 Å². The average molecular weight is 198 g/mol. The number of hydrogen-bond acceptors (Lipinski definition) is 2. The van der Waals surface area contributed by atoms with Crippen LogP contribution in [0.25, 0.3) is 0 Å². The summed E-state index contributed by atoms with van der Waals surface area (Å²) in [4.78, 5) is 22.6. The topological polar surface area (TPSA) is 44.0 Å². The maximum atomic E-state index is 11.3. The van der Waals surface area contributed by atoms with Crippen LogP contribution in [0.3, 0.4) is 0 Å². The van der Waals surface area contributed by atoms with Gasteiger partial charge in [0, 0.05) is 25.4 Å². The first-order valence-corrected chi connectivity index (χ1v) is 4.85. The lowest BCUT2D eigenvalue weighted by Crippen LogP contribution is -2.39. The first-order chi connectivity index (χ1) is 6.57. The highest BCUT2D eigenvalue weighted by Crippen LogP contribution is 1.82. The molecule has 4 heteroatoms. The summed E-state index contributed by atoms with van der Waals surface area (Å²) in [5.41, 5.74) is 0.146. The van der Waals surface area contributed by atoms with Gasteiger partial charge in [0.15, 0.2) is 0 Å². The lowest BCUT2D eigenvalue weighted by Gasteiger charge is -2.04. The van der Waals surface area contributed by atoms with Crippen LogP contribution in [0, 0.1) is 6.92 Å². The van der Waals surface area contributed by atoms with Gasteiger partial charge in [0.1, 0.15) is 0 Å². The summed E-state index contributed by atoms with van der Waals surface area (Å²) in [5.74, 6) is 0. The van der Waals surface area contributed by atoms with Gasteiger partial charge in [-0.25, -0.2) is 4.79 Å². The fraction of sp³-hybridized carbons (Fsp3) is 0.600. The highest BCUT2D eigenvalue weighted by molar-refractivity contribution is 5.01. The molecule has 0 aliphatic rings. The van der Waals surface area contributed by atoms with Gasteiger partial charge >= 0.3 is 5.69 Å². The van der Waals surface area contributed by atoms with Crippen LogP contribution in [0.4, 0.5) is 0 Å². The molecule has 14 heavy (non-hydrogen) atoms. The monoisotopic (exact) mass is 198 g/mol. The molecule has 0 radical (unpaired) electrons. The van der Waals surface area contributed by atoms with Crippen LogP contribution in [-0.2, 0) is 13.6 Å². The predicted octanol–water partition coefficient (Wildman–Crippen LogP) is 0.902. The summed E-state index contributed by atoms with van der Waals surface area (Å²) in [5, 5.41) is 0. The van der Waals surface area contributed by atoms with E-state index in [0.717, 1.165) is 0 Å². The Morgan fingerprint density at radius 2 is 1.79 bits per heavy atom. The number of aromatic nitrogens is 2. The molecular weight excluding hydrogens is 180 g/mol. The minimum absolute atomic E-state index is 0.194. The van der Waals surface area contributed by atoms with Crippen molar-refractivity contribution in [2.24, 2.45) is 7.05 Å². The molecule has 0 atom stereocenters. The SMILES string of the molecule is CC.CCn1c(=O)c(C)cn(C)c1=O. The minimum Gasteiger partial charge on any atom is -0.303 e. The lowest BCUT2D eigenvalue weighted by atomic mass is 10.4. The van der Waals surface area contributed by atoms with Gasteiger partial charge in [0.2, 0.25) is 0 Å². The van der Waals surface area contributed by atoms with E-state index in [4.69, 9.17) is 0 Å². The molecule has 0 N–H and O–H groups in total. The molecule has 1 aromatic heterocycles. The molecule has 0 amide bonds. The van der Waals surface area contributed by atoms with Crippen molar-refractivity contribution in [1.82, 2.24) is 9.13 Å². The van der Waals surface area contributed by atoms with Crippen molar-refractivity contribution >= 4 is 0 Å². The van der Waals surface area contributed by atoms with E-state index in [2.05, 4.69) is 0 Å². The van der Waals surface area contributed by atoms with Gasteiger partial charge in [-0.1, -0.05) is 13.8 Å². The molecule has 0 aromatic carbocycles. The van der Waals surface area contributed by atoms with Gasteiger partial charge < -0.3 is 4.57 Å². The Labute approximate surface area is 83.8 Å². The molecule has 0 fully saturated rings. The quantitative estimate of drug-likeness (QED) is 0.673. The van der Waals surface area contributed by atoms with E-state index >= 15 is 0 Å². The molecule has 0 spiro atoms. The van der Waals surface area contributed by atoms with Crippen LogP contribution >= 0.6 is 0 Å². The summed E-state index contributed by atoms with van der Waals surface area (Å²) in [6.07, 6.45) is 1.55. The molecule has 0 aliphatic carbocycles. The Morgan fingerprint density at radius 3 is 2.21 bits per heavy atom. The zero-order chi connectivity index (χ0) is 11.3. The standard InChI is InChI=1S/C8H12N2O2.C2H6/c1-4-10-7(11)6(2)5-9(3)8(10)12;1-2/h5H,4H2,1-3H3;1-2H3. The van der Waals surface area contributed by atoms with Crippen LogP contribution in [0.1, 0.15) is 26.3 Å². The maximum Gasteiger partial charge on any atom is 0.330 e. The van der Waals surface area contributed by atoms with E-state index in [0.29, 0.717) is 12.1 Å². The third-order valence-electron chi connectivity index (χ3n) is 1.82. The van der Waals surface area contributed by atoms with Crippen molar-refractivity contribution < 1.29 is 0 Å². The number of aryl methyl sites for hydroxylation is 2. The second-order valence-corrected chi connectivity index (χ2v) is 2.76. The highest BCUT2D eigenvalue weighted by atomic mass is 16.2. The fourth-order valence-corrected chi connectivity index (χ4v) is 1.17. The number of nitrogens with zero attached hydrogens (tertiary/aromatic N) is 2. The van der Waals surface area contributed by atoms with Crippen molar-refractivity contribution in [3.05, 3.63) is 32.6 Å². The zero-order valence-corrected chi connectivity index (χ0v) is 9.50. The fourth-order valence-electron chi connectivity index (χ4n) is 1.17. The third-order valence-corrected chi connectivity index (χ3v) is 1.82. The van der Waals surface area contributed by atoms with Crippen molar-refractivity contribution in [3.63, 3.8) is 0 Å². The molecule has 4 nitrogen and oxygen atoms in total. The first-order valence-electron chi connectivity index (χ1n) is 4.85. The van der Waals surface area contributed by atoms with Crippen molar-refractivity contribution in [1.29, 1.82) is 0 Å². The zero-order valence-electron chi connectivity index (χ0n) is 9.50. The molecule has 1 heterocycles. The van der Waals surface area contributed by atoms with Gasteiger partial charge in [-0.05, 0) is 13.8 Å². The highest BCUT2D eigenvalue weighted by Gasteiger charge is 2.03. The Hall–Kier alpha value is -1.32. The van der Waals surface area contributed by atoms with Crippen molar-refractivity contribution in [2.45, 2.75) is 34.2 Å². The normalized spacial score (nSPS) is 9.21. The number of rotatable bonds is 1. The molecule has 1 rings (SSSR count). The van der Waals surface area contributed by atoms with Crippen LogP contribution in [0.2, 0.25) is 0 Å². The summed E-state index contributed by atoms with van der Waals surface area (Å²) < 4.78 is 2.63. The molecule has 80 valence electrons.